The lowest BCUT2D eigenvalue weighted by atomic mass is 9.91. The Kier molecular flexibility index (Phi) is 8.32. The molecule has 0 saturated carbocycles. The van der Waals surface area contributed by atoms with Crippen molar-refractivity contribution in [2.75, 3.05) is 40.5 Å². The number of methoxy groups -OCH3 is 2. The molecule has 8 nitrogen and oxygen atoms in total. The molecular formula is C31H36N2O6S. The number of amides is 1. The molecule has 0 bridgehead atoms. The van der Waals surface area contributed by atoms with Crippen molar-refractivity contribution in [3.8, 4) is 17.2 Å². The monoisotopic (exact) mass is 564 g/mol. The van der Waals surface area contributed by atoms with Gasteiger partial charge in [0.15, 0.2) is 11.5 Å². The molecule has 0 spiro atoms. The van der Waals surface area contributed by atoms with E-state index in [1.807, 2.05) is 36.4 Å². The lowest BCUT2D eigenvalue weighted by Crippen LogP contribution is -2.42. The van der Waals surface area contributed by atoms with Gasteiger partial charge in [-0.15, -0.1) is 0 Å². The molecule has 2 aliphatic rings. The summed E-state index contributed by atoms with van der Waals surface area (Å²) in [6.45, 7) is 3.91. The maximum absolute atomic E-state index is 13.9. The van der Waals surface area contributed by atoms with Gasteiger partial charge in [0.2, 0.25) is 10.0 Å². The van der Waals surface area contributed by atoms with E-state index in [1.165, 1.54) is 22.0 Å². The first kappa shape index (κ1) is 28.0. The van der Waals surface area contributed by atoms with Gasteiger partial charge in [0.25, 0.3) is 5.91 Å². The van der Waals surface area contributed by atoms with Crippen molar-refractivity contribution in [1.29, 1.82) is 0 Å². The van der Waals surface area contributed by atoms with E-state index in [2.05, 4.69) is 6.92 Å². The van der Waals surface area contributed by atoms with E-state index in [-0.39, 0.29) is 23.5 Å². The molecule has 1 fully saturated rings. The van der Waals surface area contributed by atoms with Crippen LogP contribution in [-0.4, -0.2) is 64.0 Å². The first-order valence-corrected chi connectivity index (χ1v) is 15.2. The molecule has 3 aromatic carbocycles. The highest BCUT2D eigenvalue weighted by molar-refractivity contribution is 7.89. The Bertz CT molecular complexity index is 1450. The molecule has 1 amide bonds. The standard InChI is InChI=1S/C31H36N2O6S/c1-4-22-7-11-25(12-8-22)39-21-28-27-20-30(38-3)29(37-2)19-24(27)15-18-33(28)31(34)23-9-13-26(14-10-23)40(35,36)32-16-5-6-17-32/h7-14,19-20,28H,4-6,15-18,21H2,1-3H3. The normalized spacial score (nSPS) is 17.4. The molecule has 1 unspecified atom stereocenters. The number of sulfonamides is 1. The largest absolute Gasteiger partial charge is 0.493 e. The van der Waals surface area contributed by atoms with Crippen LogP contribution in [0.3, 0.4) is 0 Å². The second-order valence-corrected chi connectivity index (χ2v) is 12.1. The summed E-state index contributed by atoms with van der Waals surface area (Å²) in [5.74, 6) is 1.78. The van der Waals surface area contributed by atoms with Crippen LogP contribution >= 0.6 is 0 Å². The van der Waals surface area contributed by atoms with E-state index in [4.69, 9.17) is 14.2 Å². The third-order valence-electron chi connectivity index (χ3n) is 7.81. The second kappa shape index (κ2) is 11.9. The first-order chi connectivity index (χ1) is 19.3. The number of hydrogen-bond donors (Lipinski definition) is 0. The van der Waals surface area contributed by atoms with E-state index in [0.717, 1.165) is 36.1 Å². The van der Waals surface area contributed by atoms with Crippen molar-refractivity contribution < 1.29 is 27.4 Å². The summed E-state index contributed by atoms with van der Waals surface area (Å²) in [5, 5.41) is 0. The zero-order valence-electron chi connectivity index (χ0n) is 23.3. The summed E-state index contributed by atoms with van der Waals surface area (Å²) >= 11 is 0. The van der Waals surface area contributed by atoms with Crippen molar-refractivity contribution in [2.24, 2.45) is 0 Å². The minimum Gasteiger partial charge on any atom is -0.493 e. The summed E-state index contributed by atoms with van der Waals surface area (Å²) in [4.78, 5) is 15.9. The molecule has 3 aromatic rings. The maximum Gasteiger partial charge on any atom is 0.254 e. The Balaban J connectivity index is 1.44. The topological polar surface area (TPSA) is 85.4 Å². The van der Waals surface area contributed by atoms with Gasteiger partial charge < -0.3 is 19.1 Å². The molecule has 40 heavy (non-hydrogen) atoms. The van der Waals surface area contributed by atoms with Crippen molar-refractivity contribution in [3.05, 3.63) is 82.9 Å². The summed E-state index contributed by atoms with van der Waals surface area (Å²) in [6.07, 6.45) is 3.33. The molecule has 1 saturated heterocycles. The summed E-state index contributed by atoms with van der Waals surface area (Å²) in [7, 11) is -0.353. The van der Waals surface area contributed by atoms with Crippen LogP contribution in [-0.2, 0) is 22.9 Å². The van der Waals surface area contributed by atoms with E-state index < -0.39 is 10.0 Å². The van der Waals surface area contributed by atoms with Crippen LogP contribution in [0, 0.1) is 0 Å². The van der Waals surface area contributed by atoms with E-state index in [0.29, 0.717) is 43.1 Å². The maximum atomic E-state index is 13.9. The van der Waals surface area contributed by atoms with Gasteiger partial charge in [-0.1, -0.05) is 19.1 Å². The first-order valence-electron chi connectivity index (χ1n) is 13.7. The highest BCUT2D eigenvalue weighted by atomic mass is 32.2. The predicted octanol–water partition coefficient (Wildman–Crippen LogP) is 4.87. The van der Waals surface area contributed by atoms with Crippen LogP contribution in [0.25, 0.3) is 0 Å². The Hall–Kier alpha value is -3.56. The molecule has 2 aliphatic heterocycles. The number of ether oxygens (including phenoxy) is 3. The van der Waals surface area contributed by atoms with Gasteiger partial charge >= 0.3 is 0 Å². The molecule has 5 rings (SSSR count). The van der Waals surface area contributed by atoms with E-state index >= 15 is 0 Å². The molecular weight excluding hydrogens is 528 g/mol. The number of fused-ring (bicyclic) bond motifs is 1. The highest BCUT2D eigenvalue weighted by Crippen LogP contribution is 2.39. The minimum absolute atomic E-state index is 0.180. The van der Waals surface area contributed by atoms with Gasteiger partial charge in [-0.25, -0.2) is 8.42 Å². The second-order valence-electron chi connectivity index (χ2n) is 10.1. The van der Waals surface area contributed by atoms with Crippen LogP contribution in [0.15, 0.2) is 65.6 Å². The van der Waals surface area contributed by atoms with Crippen LogP contribution in [0.5, 0.6) is 17.2 Å². The van der Waals surface area contributed by atoms with Gasteiger partial charge in [-0.05, 0) is 90.9 Å². The van der Waals surface area contributed by atoms with Crippen LogP contribution in [0.1, 0.15) is 52.9 Å². The van der Waals surface area contributed by atoms with Crippen molar-refractivity contribution in [3.63, 3.8) is 0 Å². The molecule has 0 radical (unpaired) electrons. The van der Waals surface area contributed by atoms with Crippen molar-refractivity contribution >= 4 is 15.9 Å². The summed E-state index contributed by atoms with van der Waals surface area (Å²) in [6, 6.07) is 17.8. The third-order valence-corrected chi connectivity index (χ3v) is 9.72. The third kappa shape index (κ3) is 5.53. The Morgan fingerprint density at radius 2 is 1.55 bits per heavy atom. The van der Waals surface area contributed by atoms with Crippen LogP contribution in [0.4, 0.5) is 0 Å². The quantitative estimate of drug-likeness (QED) is 0.369. The van der Waals surface area contributed by atoms with Gasteiger partial charge in [0, 0.05) is 25.2 Å². The summed E-state index contributed by atoms with van der Waals surface area (Å²) < 4.78 is 44.8. The number of benzene rings is 3. The highest BCUT2D eigenvalue weighted by Gasteiger charge is 2.34. The lowest BCUT2D eigenvalue weighted by molar-refractivity contribution is 0.0589. The molecule has 1 atom stereocenters. The van der Waals surface area contributed by atoms with Gasteiger partial charge in [0.05, 0.1) is 25.2 Å². The molecule has 9 heteroatoms. The van der Waals surface area contributed by atoms with Gasteiger partial charge in [0.1, 0.15) is 12.4 Å². The van der Waals surface area contributed by atoms with Crippen LogP contribution in [0.2, 0.25) is 0 Å². The fraction of sp³-hybridized carbons (Fsp3) is 0.387. The van der Waals surface area contributed by atoms with Crippen molar-refractivity contribution in [1.82, 2.24) is 9.21 Å². The SMILES string of the molecule is CCc1ccc(OCC2c3cc(OC)c(OC)cc3CCN2C(=O)c2ccc(S(=O)(=O)N3CCCC3)cc2)cc1. The van der Waals surface area contributed by atoms with Crippen LogP contribution < -0.4 is 14.2 Å². The summed E-state index contributed by atoms with van der Waals surface area (Å²) in [5.41, 5.74) is 3.67. The molecule has 212 valence electrons. The molecule has 2 heterocycles. The molecule has 0 aromatic heterocycles. The van der Waals surface area contributed by atoms with Gasteiger partial charge in [-0.2, -0.15) is 4.31 Å². The molecule has 0 aliphatic carbocycles. The number of carbonyl (C=O) groups excluding carboxylic acids is 1. The Morgan fingerprint density at radius 3 is 2.17 bits per heavy atom. The number of hydrogen-bond acceptors (Lipinski definition) is 6. The average molecular weight is 565 g/mol. The van der Waals surface area contributed by atoms with Gasteiger partial charge in [-0.3, -0.25) is 4.79 Å². The van der Waals surface area contributed by atoms with E-state index in [1.54, 1.807) is 31.3 Å². The minimum atomic E-state index is -3.55. The Morgan fingerprint density at radius 1 is 0.900 bits per heavy atom. The fourth-order valence-corrected chi connectivity index (χ4v) is 6.98. The number of rotatable bonds is 9. The zero-order chi connectivity index (χ0) is 28.3. The fourth-order valence-electron chi connectivity index (χ4n) is 5.46. The number of aryl methyl sites for hydroxylation is 1. The Labute approximate surface area is 236 Å². The average Bonchev–Trinajstić information content (AvgIpc) is 3.55. The molecule has 0 N–H and O–H groups in total. The van der Waals surface area contributed by atoms with E-state index in [9.17, 15) is 13.2 Å². The number of carbonyl (C=O) groups is 1. The smallest absolute Gasteiger partial charge is 0.254 e. The zero-order valence-corrected chi connectivity index (χ0v) is 24.1. The number of nitrogens with zero attached hydrogens (tertiary/aromatic N) is 2. The predicted molar refractivity (Wildman–Crippen MR) is 153 cm³/mol. The van der Waals surface area contributed by atoms with Crippen molar-refractivity contribution in [2.45, 2.75) is 43.5 Å². The lowest BCUT2D eigenvalue weighted by Gasteiger charge is -2.37.